The molecule has 0 amide bonds. The monoisotopic (exact) mass is 314 g/mol. The van der Waals surface area contributed by atoms with Crippen molar-refractivity contribution in [1.82, 2.24) is 15.6 Å². The predicted molar refractivity (Wildman–Crippen MR) is 87.4 cm³/mol. The van der Waals surface area contributed by atoms with Crippen molar-refractivity contribution in [3.8, 4) is 0 Å². The van der Waals surface area contributed by atoms with Gasteiger partial charge in [0.1, 0.15) is 0 Å². The molecule has 1 heterocycles. The van der Waals surface area contributed by atoms with Gasteiger partial charge < -0.3 is 20.1 Å². The van der Waals surface area contributed by atoms with E-state index in [0.717, 1.165) is 36.2 Å². The maximum atomic E-state index is 5.38. The number of nitrogens with one attached hydrogen (secondary N) is 2. The summed E-state index contributed by atoms with van der Waals surface area (Å²) in [6.07, 6.45) is 0.907. The molecule has 0 fully saturated rings. The van der Waals surface area contributed by atoms with Crippen LogP contribution >= 0.6 is 11.3 Å². The van der Waals surface area contributed by atoms with Crippen LogP contribution in [-0.4, -0.2) is 58.0 Å². The molecule has 0 aliphatic rings. The van der Waals surface area contributed by atoms with Crippen LogP contribution in [0.15, 0.2) is 4.99 Å². The maximum Gasteiger partial charge on any atom is 0.191 e. The summed E-state index contributed by atoms with van der Waals surface area (Å²) in [5.41, 5.74) is 1.13. The first kappa shape index (κ1) is 17.9. The van der Waals surface area contributed by atoms with Crippen molar-refractivity contribution in [1.29, 1.82) is 0 Å². The van der Waals surface area contributed by atoms with Crippen molar-refractivity contribution in [2.45, 2.75) is 20.3 Å². The van der Waals surface area contributed by atoms with E-state index >= 15 is 0 Å². The van der Waals surface area contributed by atoms with Crippen LogP contribution in [0, 0.1) is 13.8 Å². The average Bonchev–Trinajstić information content (AvgIpc) is 2.79. The third-order valence-electron chi connectivity index (χ3n) is 2.90. The number of methoxy groups -OCH3 is 1. The number of guanidine groups is 1. The molecule has 7 heteroatoms. The lowest BCUT2D eigenvalue weighted by Crippen LogP contribution is -2.39. The molecule has 0 aliphatic heterocycles. The van der Waals surface area contributed by atoms with E-state index in [2.05, 4.69) is 27.5 Å². The molecule has 21 heavy (non-hydrogen) atoms. The summed E-state index contributed by atoms with van der Waals surface area (Å²) >= 11 is 1.76. The Morgan fingerprint density at radius 3 is 2.57 bits per heavy atom. The molecule has 0 saturated heterocycles. The Labute approximate surface area is 131 Å². The van der Waals surface area contributed by atoms with E-state index in [9.17, 15) is 0 Å². The van der Waals surface area contributed by atoms with E-state index in [4.69, 9.17) is 9.47 Å². The van der Waals surface area contributed by atoms with Gasteiger partial charge in [0.05, 0.1) is 30.5 Å². The lowest BCUT2D eigenvalue weighted by molar-refractivity contribution is 0.0733. The Morgan fingerprint density at radius 1 is 1.19 bits per heavy atom. The first-order valence-electron chi connectivity index (χ1n) is 7.11. The normalized spacial score (nSPS) is 11.7. The molecule has 0 aromatic carbocycles. The third-order valence-corrected chi connectivity index (χ3v) is 4.03. The van der Waals surface area contributed by atoms with Crippen LogP contribution in [0.1, 0.15) is 15.6 Å². The lowest BCUT2D eigenvalue weighted by Gasteiger charge is -2.11. The molecule has 0 unspecified atom stereocenters. The Bertz CT molecular complexity index is 415. The number of aromatic nitrogens is 1. The van der Waals surface area contributed by atoms with E-state index < -0.39 is 0 Å². The van der Waals surface area contributed by atoms with Gasteiger partial charge in [-0.1, -0.05) is 0 Å². The summed E-state index contributed by atoms with van der Waals surface area (Å²) in [5, 5.41) is 7.64. The van der Waals surface area contributed by atoms with Crippen molar-refractivity contribution < 1.29 is 9.47 Å². The number of aliphatic imine (C=N–C) groups is 1. The zero-order chi connectivity index (χ0) is 15.5. The highest BCUT2D eigenvalue weighted by atomic mass is 32.1. The second-order valence-electron chi connectivity index (χ2n) is 4.53. The summed E-state index contributed by atoms with van der Waals surface area (Å²) in [5.74, 6) is 0.787. The number of rotatable bonds is 9. The number of ether oxygens (including phenoxy) is 2. The van der Waals surface area contributed by atoms with Gasteiger partial charge in [-0.25, -0.2) is 4.98 Å². The van der Waals surface area contributed by atoms with Crippen molar-refractivity contribution in [3.63, 3.8) is 0 Å². The number of nitrogens with zero attached hydrogens (tertiary/aromatic N) is 2. The number of hydrogen-bond donors (Lipinski definition) is 2. The van der Waals surface area contributed by atoms with Crippen molar-refractivity contribution in [2.24, 2.45) is 4.99 Å². The van der Waals surface area contributed by atoms with E-state index in [1.165, 1.54) is 4.88 Å². The Balaban J connectivity index is 2.14. The summed E-state index contributed by atoms with van der Waals surface area (Å²) in [6, 6.07) is 0. The maximum absolute atomic E-state index is 5.38. The number of aryl methyl sites for hydroxylation is 2. The zero-order valence-electron chi connectivity index (χ0n) is 13.4. The van der Waals surface area contributed by atoms with E-state index in [1.807, 2.05) is 6.92 Å². The highest BCUT2D eigenvalue weighted by molar-refractivity contribution is 7.11. The van der Waals surface area contributed by atoms with E-state index in [0.29, 0.717) is 19.8 Å². The van der Waals surface area contributed by atoms with Gasteiger partial charge in [0, 0.05) is 38.5 Å². The van der Waals surface area contributed by atoms with E-state index in [1.54, 1.807) is 25.5 Å². The van der Waals surface area contributed by atoms with Crippen LogP contribution < -0.4 is 10.6 Å². The predicted octanol–water partition coefficient (Wildman–Crippen LogP) is 1.13. The van der Waals surface area contributed by atoms with Gasteiger partial charge in [-0.2, -0.15) is 0 Å². The Hall–Kier alpha value is -1.18. The molecule has 0 bridgehead atoms. The number of hydrogen-bond acceptors (Lipinski definition) is 5. The van der Waals surface area contributed by atoms with Crippen LogP contribution in [0.4, 0.5) is 0 Å². The first-order chi connectivity index (χ1) is 10.2. The zero-order valence-corrected chi connectivity index (χ0v) is 14.2. The van der Waals surface area contributed by atoms with Gasteiger partial charge in [-0.15, -0.1) is 11.3 Å². The lowest BCUT2D eigenvalue weighted by atomic mass is 10.4. The average molecular weight is 314 g/mol. The molecule has 0 aliphatic carbocycles. The molecule has 1 aromatic rings. The molecule has 0 atom stereocenters. The fourth-order valence-electron chi connectivity index (χ4n) is 1.64. The van der Waals surface area contributed by atoms with Gasteiger partial charge in [0.2, 0.25) is 0 Å². The van der Waals surface area contributed by atoms with Crippen LogP contribution in [0.25, 0.3) is 0 Å². The van der Waals surface area contributed by atoms with Crippen LogP contribution in [0.3, 0.4) is 0 Å². The summed E-state index contributed by atoms with van der Waals surface area (Å²) in [6.45, 7) is 7.57. The fourth-order valence-corrected chi connectivity index (χ4v) is 2.57. The minimum absolute atomic E-state index is 0.618. The molecule has 1 rings (SSSR count). The second kappa shape index (κ2) is 10.5. The Kier molecular flexibility index (Phi) is 8.96. The molecule has 6 nitrogen and oxygen atoms in total. The van der Waals surface area contributed by atoms with Crippen molar-refractivity contribution in [2.75, 3.05) is 47.1 Å². The molecule has 120 valence electrons. The summed E-state index contributed by atoms with van der Waals surface area (Å²) < 4.78 is 10.3. The Morgan fingerprint density at radius 2 is 1.95 bits per heavy atom. The van der Waals surface area contributed by atoms with Gasteiger partial charge in [-0.3, -0.25) is 4.99 Å². The standard InChI is InChI=1S/C14H26N4O2S/c1-11-12(2)21-13(18-11)5-6-16-14(15-3)17-7-8-20-10-9-19-4/h5-10H2,1-4H3,(H2,15,16,17). The van der Waals surface area contributed by atoms with Crippen molar-refractivity contribution >= 4 is 17.3 Å². The minimum atomic E-state index is 0.618. The van der Waals surface area contributed by atoms with Crippen LogP contribution in [-0.2, 0) is 15.9 Å². The quantitative estimate of drug-likeness (QED) is 0.406. The molecule has 0 spiro atoms. The molecular weight excluding hydrogens is 288 g/mol. The highest BCUT2D eigenvalue weighted by Crippen LogP contribution is 2.16. The smallest absolute Gasteiger partial charge is 0.191 e. The second-order valence-corrected chi connectivity index (χ2v) is 5.82. The first-order valence-corrected chi connectivity index (χ1v) is 7.93. The van der Waals surface area contributed by atoms with Crippen LogP contribution in [0.2, 0.25) is 0 Å². The molecule has 0 saturated carbocycles. The summed E-state index contributed by atoms with van der Waals surface area (Å²) in [7, 11) is 3.43. The minimum Gasteiger partial charge on any atom is -0.382 e. The molecule has 1 aromatic heterocycles. The topological polar surface area (TPSA) is 67.8 Å². The third kappa shape index (κ3) is 7.40. The molecule has 2 N–H and O–H groups in total. The highest BCUT2D eigenvalue weighted by Gasteiger charge is 2.03. The van der Waals surface area contributed by atoms with Gasteiger partial charge in [0.15, 0.2) is 5.96 Å². The van der Waals surface area contributed by atoms with Gasteiger partial charge in [0.25, 0.3) is 0 Å². The largest absolute Gasteiger partial charge is 0.382 e. The summed E-state index contributed by atoms with van der Waals surface area (Å²) in [4.78, 5) is 9.99. The van der Waals surface area contributed by atoms with Crippen LogP contribution in [0.5, 0.6) is 0 Å². The fraction of sp³-hybridized carbons (Fsp3) is 0.714. The molecular formula is C14H26N4O2S. The van der Waals surface area contributed by atoms with Crippen molar-refractivity contribution in [3.05, 3.63) is 15.6 Å². The van der Waals surface area contributed by atoms with Gasteiger partial charge >= 0.3 is 0 Å². The van der Waals surface area contributed by atoms with Gasteiger partial charge in [-0.05, 0) is 13.8 Å². The van der Waals surface area contributed by atoms with E-state index in [-0.39, 0.29) is 0 Å². The SMILES string of the molecule is CN=C(NCCOCCOC)NCCc1nc(C)c(C)s1. The molecule has 0 radical (unpaired) electrons. The number of thiazole rings is 1.